The first-order valence-electron chi connectivity index (χ1n) is 7.95. The lowest BCUT2D eigenvalue weighted by Crippen LogP contribution is -2.08. The number of ether oxygens (including phenoxy) is 2. The smallest absolute Gasteiger partial charge is 0.355 e. The van der Waals surface area contributed by atoms with Crippen LogP contribution in [0.2, 0.25) is 0 Å². The molecular weight excluding hydrogens is 336 g/mol. The average molecular weight is 354 g/mol. The zero-order chi connectivity index (χ0) is 18.7. The number of carbonyl (C=O) groups excluding carboxylic acids is 2. The number of aromatic amines is 1. The summed E-state index contributed by atoms with van der Waals surface area (Å²) in [7, 11) is 1.29. The molecule has 1 N–H and O–H groups in total. The molecule has 0 aliphatic carbocycles. The summed E-state index contributed by atoms with van der Waals surface area (Å²) in [5, 5.41) is 0. The van der Waals surface area contributed by atoms with Crippen molar-refractivity contribution in [2.45, 2.75) is 20.5 Å². The summed E-state index contributed by atoms with van der Waals surface area (Å²) >= 11 is 0. The van der Waals surface area contributed by atoms with E-state index in [0.29, 0.717) is 28.4 Å². The quantitative estimate of drug-likeness (QED) is 0.706. The Morgan fingerprint density at radius 1 is 1.15 bits per heavy atom. The molecule has 3 rings (SSSR count). The summed E-state index contributed by atoms with van der Waals surface area (Å²) in [5.41, 5.74) is 2.93. The monoisotopic (exact) mass is 354 g/mol. The molecule has 26 heavy (non-hydrogen) atoms. The zero-order valence-electron chi connectivity index (χ0n) is 14.7. The van der Waals surface area contributed by atoms with Crippen molar-refractivity contribution in [3.05, 3.63) is 64.8 Å². The van der Waals surface area contributed by atoms with Gasteiger partial charge in [0, 0.05) is 11.3 Å². The topological polar surface area (TPSA) is 94.4 Å². The van der Waals surface area contributed by atoms with Crippen LogP contribution in [-0.4, -0.2) is 29.0 Å². The molecule has 0 radical (unpaired) electrons. The molecule has 2 aromatic heterocycles. The number of nitrogens with one attached hydrogen (secondary N) is 1. The van der Waals surface area contributed by atoms with Gasteiger partial charge in [-0.2, -0.15) is 0 Å². The summed E-state index contributed by atoms with van der Waals surface area (Å²) in [5.74, 6) is -0.624. The normalized spacial score (nSPS) is 10.6. The van der Waals surface area contributed by atoms with Crippen molar-refractivity contribution in [1.82, 2.24) is 9.97 Å². The van der Waals surface area contributed by atoms with Crippen molar-refractivity contribution in [3.63, 3.8) is 0 Å². The van der Waals surface area contributed by atoms with Crippen molar-refractivity contribution < 1.29 is 23.5 Å². The fourth-order valence-corrected chi connectivity index (χ4v) is 2.66. The van der Waals surface area contributed by atoms with Gasteiger partial charge in [-0.05, 0) is 31.5 Å². The lowest BCUT2D eigenvalue weighted by atomic mass is 10.1. The number of esters is 2. The number of nitrogens with zero attached hydrogens (tertiary/aromatic N) is 1. The Kier molecular flexibility index (Phi) is 4.88. The first-order chi connectivity index (χ1) is 12.5. The Morgan fingerprint density at radius 3 is 2.58 bits per heavy atom. The number of aromatic nitrogens is 2. The third-order valence-corrected chi connectivity index (χ3v) is 3.95. The minimum atomic E-state index is -0.579. The van der Waals surface area contributed by atoms with Crippen LogP contribution in [0.25, 0.3) is 11.5 Å². The molecule has 0 atom stereocenters. The predicted molar refractivity (Wildman–Crippen MR) is 92.7 cm³/mol. The highest BCUT2D eigenvalue weighted by Gasteiger charge is 2.23. The molecule has 0 aliphatic heterocycles. The summed E-state index contributed by atoms with van der Waals surface area (Å²) in [6, 6.07) is 9.42. The van der Waals surface area contributed by atoms with E-state index >= 15 is 0 Å². The van der Waals surface area contributed by atoms with Gasteiger partial charge in [0.1, 0.15) is 24.3 Å². The van der Waals surface area contributed by atoms with Crippen molar-refractivity contribution in [2.24, 2.45) is 0 Å². The summed E-state index contributed by atoms with van der Waals surface area (Å²) in [6.45, 7) is 3.32. The Morgan fingerprint density at radius 2 is 1.88 bits per heavy atom. The molecule has 0 amide bonds. The van der Waals surface area contributed by atoms with Crippen molar-refractivity contribution in [3.8, 4) is 11.5 Å². The zero-order valence-corrected chi connectivity index (χ0v) is 14.7. The minimum Gasteiger partial charge on any atom is -0.465 e. The Balaban J connectivity index is 1.70. The molecule has 134 valence electrons. The number of oxazole rings is 1. The van der Waals surface area contributed by atoms with Crippen molar-refractivity contribution in [1.29, 1.82) is 0 Å². The van der Waals surface area contributed by atoms with Gasteiger partial charge in [0.25, 0.3) is 0 Å². The van der Waals surface area contributed by atoms with Gasteiger partial charge in [0.05, 0.1) is 12.7 Å². The van der Waals surface area contributed by atoms with Crippen molar-refractivity contribution in [2.75, 3.05) is 7.11 Å². The van der Waals surface area contributed by atoms with Crippen molar-refractivity contribution >= 4 is 11.9 Å². The molecular formula is C19H18N2O5. The second-order valence-electron chi connectivity index (χ2n) is 5.70. The van der Waals surface area contributed by atoms with Gasteiger partial charge >= 0.3 is 11.9 Å². The Labute approximate surface area is 150 Å². The maximum atomic E-state index is 12.3. The molecule has 0 saturated carbocycles. The van der Waals surface area contributed by atoms with Gasteiger partial charge in [-0.1, -0.05) is 18.2 Å². The first kappa shape index (κ1) is 17.5. The van der Waals surface area contributed by atoms with E-state index in [1.165, 1.54) is 13.4 Å². The average Bonchev–Trinajstić information content (AvgIpc) is 3.24. The van der Waals surface area contributed by atoms with Gasteiger partial charge in [0.2, 0.25) is 5.89 Å². The molecule has 0 aliphatic rings. The lowest BCUT2D eigenvalue weighted by Gasteiger charge is -2.02. The highest BCUT2D eigenvalue weighted by atomic mass is 16.5. The van der Waals surface area contributed by atoms with E-state index in [-0.39, 0.29) is 12.3 Å². The fourth-order valence-electron chi connectivity index (χ4n) is 2.66. The number of hydrogen-bond acceptors (Lipinski definition) is 6. The molecule has 0 bridgehead atoms. The van der Waals surface area contributed by atoms with Crippen LogP contribution in [0.5, 0.6) is 0 Å². The van der Waals surface area contributed by atoms with Crippen LogP contribution in [0.4, 0.5) is 0 Å². The number of aryl methyl sites for hydroxylation is 1. The van der Waals surface area contributed by atoms with E-state index in [1.54, 1.807) is 13.8 Å². The summed E-state index contributed by atoms with van der Waals surface area (Å²) in [6.07, 6.45) is 1.45. The van der Waals surface area contributed by atoms with Crippen LogP contribution in [0, 0.1) is 13.8 Å². The van der Waals surface area contributed by atoms with Crippen LogP contribution in [0.1, 0.15) is 37.8 Å². The lowest BCUT2D eigenvalue weighted by molar-refractivity contribution is 0.0460. The van der Waals surface area contributed by atoms with E-state index in [1.807, 2.05) is 30.3 Å². The van der Waals surface area contributed by atoms with Crippen LogP contribution >= 0.6 is 0 Å². The van der Waals surface area contributed by atoms with Gasteiger partial charge in [-0.3, -0.25) is 0 Å². The maximum absolute atomic E-state index is 12.3. The standard InChI is InChI=1S/C19H18N2O5/c1-11-15(18(22)24-3)12(2)20-16(11)19(23)26-10-14-9-25-17(21-14)13-7-5-4-6-8-13/h4-9,20H,10H2,1-3H3. The predicted octanol–water partition coefficient (Wildman–Crippen LogP) is 3.43. The Bertz CT molecular complexity index is 940. The van der Waals surface area contributed by atoms with E-state index in [2.05, 4.69) is 9.97 Å². The van der Waals surface area contributed by atoms with Gasteiger partial charge in [0.15, 0.2) is 0 Å². The van der Waals surface area contributed by atoms with Crippen LogP contribution in [-0.2, 0) is 16.1 Å². The third kappa shape index (κ3) is 3.37. The molecule has 1 aromatic carbocycles. The van der Waals surface area contributed by atoms with Crippen LogP contribution < -0.4 is 0 Å². The summed E-state index contributed by atoms with van der Waals surface area (Å²) in [4.78, 5) is 31.3. The highest BCUT2D eigenvalue weighted by molar-refractivity contribution is 5.98. The second-order valence-corrected chi connectivity index (χ2v) is 5.70. The largest absolute Gasteiger partial charge is 0.465 e. The Hall–Kier alpha value is -3.35. The van der Waals surface area contributed by atoms with E-state index in [9.17, 15) is 9.59 Å². The fraction of sp³-hybridized carbons (Fsp3) is 0.211. The van der Waals surface area contributed by atoms with E-state index in [0.717, 1.165) is 5.56 Å². The molecule has 0 spiro atoms. The molecule has 0 saturated heterocycles. The SMILES string of the molecule is COC(=O)c1c(C)[nH]c(C(=O)OCc2coc(-c3ccccc3)n2)c1C. The first-order valence-corrected chi connectivity index (χ1v) is 7.95. The number of methoxy groups -OCH3 is 1. The van der Waals surface area contributed by atoms with Crippen LogP contribution in [0.15, 0.2) is 41.0 Å². The highest BCUT2D eigenvalue weighted by Crippen LogP contribution is 2.21. The van der Waals surface area contributed by atoms with E-state index < -0.39 is 11.9 Å². The number of carbonyl (C=O) groups is 2. The van der Waals surface area contributed by atoms with E-state index in [4.69, 9.17) is 13.9 Å². The molecule has 7 nitrogen and oxygen atoms in total. The number of rotatable bonds is 5. The molecule has 0 fully saturated rings. The van der Waals surface area contributed by atoms with Gasteiger partial charge < -0.3 is 18.9 Å². The maximum Gasteiger partial charge on any atom is 0.355 e. The molecule has 7 heteroatoms. The second kappa shape index (κ2) is 7.26. The molecule has 2 heterocycles. The number of hydrogen-bond donors (Lipinski definition) is 1. The van der Waals surface area contributed by atoms with Gasteiger partial charge in [-0.25, -0.2) is 14.6 Å². The third-order valence-electron chi connectivity index (χ3n) is 3.95. The number of benzene rings is 1. The minimum absolute atomic E-state index is 0.0414. The molecule has 3 aromatic rings. The number of H-pyrrole nitrogens is 1. The van der Waals surface area contributed by atoms with Gasteiger partial charge in [-0.15, -0.1) is 0 Å². The van der Waals surface area contributed by atoms with Crippen LogP contribution in [0.3, 0.4) is 0 Å². The molecule has 0 unspecified atom stereocenters. The summed E-state index contributed by atoms with van der Waals surface area (Å²) < 4.78 is 15.4.